The molecule has 0 aliphatic carbocycles. The summed E-state index contributed by atoms with van der Waals surface area (Å²) in [6, 6.07) is 38.5. The van der Waals surface area contributed by atoms with Crippen LogP contribution in [0.15, 0.2) is 109 Å². The van der Waals surface area contributed by atoms with Crippen LogP contribution in [0.4, 0.5) is 0 Å². The summed E-state index contributed by atoms with van der Waals surface area (Å²) in [5.74, 6) is 0. The van der Waals surface area contributed by atoms with Crippen molar-refractivity contribution >= 4 is 88.6 Å². The molecule has 0 unspecified atom stereocenters. The smallest absolute Gasteiger partial charge is 0.126 e. The second-order valence-electron chi connectivity index (χ2n) is 6.64. The van der Waals surface area contributed by atoms with Gasteiger partial charge in [-0.25, -0.2) is 0 Å². The van der Waals surface area contributed by atoms with Gasteiger partial charge in [0.05, 0.1) is 0 Å². The molecular weight excluding hydrogens is 400 g/mol. The van der Waals surface area contributed by atoms with Crippen molar-refractivity contribution in [1.29, 1.82) is 0 Å². The second kappa shape index (κ2) is 8.00. The van der Waals surface area contributed by atoms with Crippen LogP contribution in [0.25, 0.3) is 43.1 Å². The molecule has 1 heteroatoms. The molecular formula is C26H18Sr. The summed E-state index contributed by atoms with van der Waals surface area (Å²) < 4.78 is 0. The molecule has 0 N–H and O–H groups in total. The van der Waals surface area contributed by atoms with Crippen LogP contribution in [0.3, 0.4) is 0 Å². The molecule has 6 aromatic rings. The van der Waals surface area contributed by atoms with Gasteiger partial charge in [0.25, 0.3) is 0 Å². The number of hydrogen-bond acceptors (Lipinski definition) is 0. The van der Waals surface area contributed by atoms with Crippen LogP contribution in [-0.4, -0.2) is 45.5 Å². The summed E-state index contributed by atoms with van der Waals surface area (Å²) >= 11 is 0. The Morgan fingerprint density at radius 1 is 0.333 bits per heavy atom. The molecule has 0 amide bonds. The van der Waals surface area contributed by atoms with E-state index in [0.29, 0.717) is 0 Å². The minimum absolute atomic E-state index is 0. The van der Waals surface area contributed by atoms with E-state index in [1.54, 1.807) is 0 Å². The Morgan fingerprint density at radius 2 is 0.556 bits per heavy atom. The van der Waals surface area contributed by atoms with Gasteiger partial charge in [0, 0.05) is 0 Å². The van der Waals surface area contributed by atoms with Gasteiger partial charge in [0.1, 0.15) is 0 Å². The van der Waals surface area contributed by atoms with Gasteiger partial charge < -0.3 is 0 Å². The monoisotopic (exact) mass is 418 g/mol. The molecule has 0 aromatic heterocycles. The average Bonchev–Trinajstić information content (AvgIpc) is 3.27. The Hall–Kier alpha value is -1.90. The molecule has 124 valence electrons. The standard InChI is InChI=1S/2C13H9.Sr/c2*1-3-7-12-10(5-1)9-11-6-2-4-8-13(11)12;/h2*1-9H;/q2*-1;+2. The van der Waals surface area contributed by atoms with Crippen LogP contribution in [-0.2, 0) is 0 Å². The molecule has 0 aliphatic heterocycles. The summed E-state index contributed by atoms with van der Waals surface area (Å²) in [6.07, 6.45) is 0. The quantitative estimate of drug-likeness (QED) is 0.183. The van der Waals surface area contributed by atoms with Crippen LogP contribution >= 0.6 is 0 Å². The van der Waals surface area contributed by atoms with Gasteiger partial charge in [-0.05, 0) is 0 Å². The molecule has 0 atom stereocenters. The molecule has 6 rings (SSSR count). The molecule has 0 radical (unpaired) electrons. The first-order valence-electron chi connectivity index (χ1n) is 8.96. The SMILES string of the molecule is [Sr+2].c1ccc2c(c1)[cH-]c1ccccc12.c1ccc2c(c1)[cH-]c1ccccc12. The van der Waals surface area contributed by atoms with E-state index in [1.807, 2.05) is 0 Å². The third-order valence-electron chi connectivity index (χ3n) is 5.05. The fraction of sp³-hybridized carbons (Fsp3) is 0. The van der Waals surface area contributed by atoms with Gasteiger partial charge in [-0.15, -0.1) is 79.5 Å². The molecule has 0 saturated heterocycles. The summed E-state index contributed by atoms with van der Waals surface area (Å²) in [6.45, 7) is 0. The summed E-state index contributed by atoms with van der Waals surface area (Å²) in [5.41, 5.74) is 0. The van der Waals surface area contributed by atoms with Crippen molar-refractivity contribution in [3.8, 4) is 0 Å². The molecule has 0 aliphatic rings. The average molecular weight is 418 g/mol. The topological polar surface area (TPSA) is 0 Å². The van der Waals surface area contributed by atoms with E-state index in [0.717, 1.165) is 0 Å². The van der Waals surface area contributed by atoms with Crippen LogP contribution in [0, 0.1) is 0 Å². The molecule has 6 aromatic carbocycles. The zero-order valence-corrected chi connectivity index (χ0v) is 18.6. The Bertz CT molecular complexity index is 1130. The normalized spacial score (nSPS) is 10.7. The molecule has 27 heavy (non-hydrogen) atoms. The first kappa shape index (κ1) is 18.5. The van der Waals surface area contributed by atoms with Crippen molar-refractivity contribution in [2.45, 2.75) is 0 Å². The maximum absolute atomic E-state index is 2.24. The van der Waals surface area contributed by atoms with Gasteiger partial charge in [0.15, 0.2) is 0 Å². The van der Waals surface area contributed by atoms with E-state index in [-0.39, 0.29) is 45.5 Å². The van der Waals surface area contributed by atoms with E-state index >= 15 is 0 Å². The van der Waals surface area contributed by atoms with E-state index in [1.165, 1.54) is 43.1 Å². The van der Waals surface area contributed by atoms with Gasteiger partial charge in [-0.1, -0.05) is 72.8 Å². The molecule has 0 nitrogen and oxygen atoms in total. The van der Waals surface area contributed by atoms with Crippen molar-refractivity contribution in [2.75, 3.05) is 0 Å². The van der Waals surface area contributed by atoms with Crippen LogP contribution < -0.4 is 0 Å². The predicted octanol–water partition coefficient (Wildman–Crippen LogP) is 7.04. The van der Waals surface area contributed by atoms with Crippen LogP contribution in [0.5, 0.6) is 0 Å². The van der Waals surface area contributed by atoms with E-state index in [4.69, 9.17) is 0 Å². The van der Waals surface area contributed by atoms with E-state index in [2.05, 4.69) is 109 Å². The van der Waals surface area contributed by atoms with Crippen molar-refractivity contribution in [1.82, 2.24) is 0 Å². The first-order chi connectivity index (χ1) is 12.9. The van der Waals surface area contributed by atoms with Crippen molar-refractivity contribution in [3.05, 3.63) is 109 Å². The molecule has 0 heterocycles. The largest absolute Gasteiger partial charge is 2.00 e. The third-order valence-corrected chi connectivity index (χ3v) is 5.05. The molecule has 0 bridgehead atoms. The number of hydrogen-bond donors (Lipinski definition) is 0. The van der Waals surface area contributed by atoms with Gasteiger partial charge in [-0.2, -0.15) is 0 Å². The number of benzene rings is 4. The first-order valence-corrected chi connectivity index (χ1v) is 8.96. The van der Waals surface area contributed by atoms with E-state index in [9.17, 15) is 0 Å². The van der Waals surface area contributed by atoms with E-state index < -0.39 is 0 Å². The molecule has 0 saturated carbocycles. The summed E-state index contributed by atoms with van der Waals surface area (Å²) in [4.78, 5) is 0. The fourth-order valence-electron chi connectivity index (χ4n) is 3.81. The van der Waals surface area contributed by atoms with Crippen molar-refractivity contribution in [3.63, 3.8) is 0 Å². The second-order valence-corrected chi connectivity index (χ2v) is 6.64. The van der Waals surface area contributed by atoms with Gasteiger partial charge in [-0.3, -0.25) is 0 Å². The molecule has 0 fully saturated rings. The maximum Gasteiger partial charge on any atom is 2.00 e. The van der Waals surface area contributed by atoms with Crippen LogP contribution in [0.1, 0.15) is 0 Å². The fourth-order valence-corrected chi connectivity index (χ4v) is 3.81. The Balaban J connectivity index is 0.000000129. The Kier molecular flexibility index (Phi) is 5.47. The van der Waals surface area contributed by atoms with Crippen LogP contribution in [0.2, 0.25) is 0 Å². The van der Waals surface area contributed by atoms with Gasteiger partial charge in [0.2, 0.25) is 0 Å². The number of fused-ring (bicyclic) bond motifs is 6. The zero-order chi connectivity index (χ0) is 17.3. The van der Waals surface area contributed by atoms with Gasteiger partial charge >= 0.3 is 45.5 Å². The third kappa shape index (κ3) is 3.49. The summed E-state index contributed by atoms with van der Waals surface area (Å²) in [5, 5.41) is 10.8. The maximum atomic E-state index is 2.24. The Labute approximate surface area is 196 Å². The van der Waals surface area contributed by atoms with Crippen molar-refractivity contribution < 1.29 is 0 Å². The molecule has 0 spiro atoms. The zero-order valence-electron chi connectivity index (χ0n) is 15.1. The predicted molar refractivity (Wildman–Crippen MR) is 120 cm³/mol. The van der Waals surface area contributed by atoms with Crippen molar-refractivity contribution in [2.24, 2.45) is 0 Å². The summed E-state index contributed by atoms with van der Waals surface area (Å²) in [7, 11) is 0. The number of rotatable bonds is 0. The minimum atomic E-state index is 0. The Morgan fingerprint density at radius 3 is 0.815 bits per heavy atom. The minimum Gasteiger partial charge on any atom is -0.126 e.